The topological polar surface area (TPSA) is 78.3 Å². The van der Waals surface area contributed by atoms with Crippen LogP contribution in [0.2, 0.25) is 0 Å². The van der Waals surface area contributed by atoms with E-state index in [2.05, 4.69) is 30.8 Å². The van der Waals surface area contributed by atoms with E-state index in [-0.39, 0.29) is 11.1 Å². The van der Waals surface area contributed by atoms with Gasteiger partial charge >= 0.3 is 0 Å². The molecule has 0 spiro atoms. The largest absolute Gasteiger partial charge is 0.449 e. The second-order valence-corrected chi connectivity index (χ2v) is 7.02. The number of aromatic amines is 1. The molecular weight excluding hydrogens is 353 g/mol. The highest BCUT2D eigenvalue weighted by Crippen LogP contribution is 2.24. The van der Waals surface area contributed by atoms with Crippen LogP contribution in [0.4, 0.5) is 5.69 Å². The van der Waals surface area contributed by atoms with Gasteiger partial charge in [-0.3, -0.25) is 14.7 Å². The number of benzene rings is 1. The molecule has 1 N–H and O–H groups in total. The van der Waals surface area contributed by atoms with Gasteiger partial charge in [0.15, 0.2) is 0 Å². The first-order chi connectivity index (χ1) is 13.7. The fraction of sp³-hybridized carbons (Fsp3) is 0.250. The SMILES string of the molecule is [B]c1ccc2oc3c(=O)[nH]c(CN4CCN(c5cccnc5)CC4)nc3c2c1. The van der Waals surface area contributed by atoms with Gasteiger partial charge in [0.2, 0.25) is 5.58 Å². The third-order valence-electron chi connectivity index (χ3n) is 5.15. The highest BCUT2D eigenvalue weighted by molar-refractivity contribution is 6.33. The van der Waals surface area contributed by atoms with Gasteiger partial charge in [0.25, 0.3) is 5.56 Å². The molecule has 2 radical (unpaired) electrons. The van der Waals surface area contributed by atoms with E-state index >= 15 is 0 Å². The number of pyridine rings is 1. The van der Waals surface area contributed by atoms with Crippen LogP contribution in [-0.4, -0.2) is 53.9 Å². The van der Waals surface area contributed by atoms with Crippen molar-refractivity contribution in [3.63, 3.8) is 0 Å². The van der Waals surface area contributed by atoms with Gasteiger partial charge < -0.3 is 14.3 Å². The standard InChI is InChI=1S/C20H18BN5O2/c21-13-3-4-16-15(10-13)18-19(28-16)20(27)24-17(23-18)12-25-6-8-26(9-7-25)14-2-1-5-22-11-14/h1-5,10-11H,6-9,12H2,(H,23,24,27). The predicted molar refractivity (Wildman–Crippen MR) is 109 cm³/mol. The fourth-order valence-electron chi connectivity index (χ4n) is 3.71. The summed E-state index contributed by atoms with van der Waals surface area (Å²) >= 11 is 0. The molecule has 1 aliphatic rings. The zero-order valence-corrected chi connectivity index (χ0v) is 15.3. The van der Waals surface area contributed by atoms with E-state index in [1.807, 2.05) is 12.3 Å². The fourth-order valence-corrected chi connectivity index (χ4v) is 3.71. The summed E-state index contributed by atoms with van der Waals surface area (Å²) in [6.07, 6.45) is 3.67. The Morgan fingerprint density at radius 3 is 2.82 bits per heavy atom. The van der Waals surface area contributed by atoms with Crippen molar-refractivity contribution in [3.05, 3.63) is 58.9 Å². The molecule has 0 amide bonds. The van der Waals surface area contributed by atoms with Crippen LogP contribution in [0.25, 0.3) is 22.1 Å². The molecule has 1 saturated heterocycles. The highest BCUT2D eigenvalue weighted by Gasteiger charge is 2.19. The van der Waals surface area contributed by atoms with Crippen molar-refractivity contribution in [2.45, 2.75) is 6.54 Å². The zero-order chi connectivity index (χ0) is 19.1. The third-order valence-corrected chi connectivity index (χ3v) is 5.15. The lowest BCUT2D eigenvalue weighted by molar-refractivity contribution is 0.244. The van der Waals surface area contributed by atoms with Gasteiger partial charge in [0.1, 0.15) is 24.8 Å². The van der Waals surface area contributed by atoms with Crippen LogP contribution in [0.15, 0.2) is 51.9 Å². The van der Waals surface area contributed by atoms with E-state index in [1.54, 1.807) is 24.4 Å². The summed E-state index contributed by atoms with van der Waals surface area (Å²) in [6, 6.07) is 9.34. The first kappa shape index (κ1) is 17.0. The number of hydrogen-bond acceptors (Lipinski definition) is 6. The maximum atomic E-state index is 12.5. The minimum Gasteiger partial charge on any atom is -0.449 e. The lowest BCUT2D eigenvalue weighted by Crippen LogP contribution is -2.46. The number of nitrogens with zero attached hydrogens (tertiary/aromatic N) is 4. The quantitative estimate of drug-likeness (QED) is 0.545. The average Bonchev–Trinajstić information content (AvgIpc) is 3.08. The Kier molecular flexibility index (Phi) is 4.13. The van der Waals surface area contributed by atoms with Gasteiger partial charge in [0.05, 0.1) is 18.4 Å². The zero-order valence-electron chi connectivity index (χ0n) is 15.3. The molecule has 28 heavy (non-hydrogen) atoms. The van der Waals surface area contributed by atoms with Gasteiger partial charge in [0, 0.05) is 37.8 Å². The van der Waals surface area contributed by atoms with Crippen LogP contribution >= 0.6 is 0 Å². The van der Waals surface area contributed by atoms with E-state index in [1.165, 1.54) is 0 Å². The molecule has 1 aromatic carbocycles. The van der Waals surface area contributed by atoms with Crippen molar-refractivity contribution in [2.24, 2.45) is 0 Å². The normalized spacial score (nSPS) is 15.5. The second-order valence-electron chi connectivity index (χ2n) is 7.02. The number of fused-ring (bicyclic) bond motifs is 3. The van der Waals surface area contributed by atoms with E-state index in [0.29, 0.717) is 28.9 Å². The number of furan rings is 1. The average molecular weight is 371 g/mol. The summed E-state index contributed by atoms with van der Waals surface area (Å²) in [5.41, 5.74) is 2.91. The first-order valence-electron chi connectivity index (χ1n) is 9.26. The molecule has 4 aromatic rings. The molecule has 0 aliphatic carbocycles. The molecule has 0 atom stereocenters. The van der Waals surface area contributed by atoms with Gasteiger partial charge in [-0.05, 0) is 18.2 Å². The minimum absolute atomic E-state index is 0.241. The summed E-state index contributed by atoms with van der Waals surface area (Å²) in [5, 5.41) is 0.767. The van der Waals surface area contributed by atoms with Crippen molar-refractivity contribution in [1.29, 1.82) is 0 Å². The monoisotopic (exact) mass is 371 g/mol. The molecule has 8 heteroatoms. The Balaban J connectivity index is 1.38. The Morgan fingerprint density at radius 1 is 1.18 bits per heavy atom. The Morgan fingerprint density at radius 2 is 2.04 bits per heavy atom. The smallest absolute Gasteiger partial charge is 0.294 e. The molecule has 138 valence electrons. The molecule has 1 fully saturated rings. The molecule has 4 heterocycles. The maximum Gasteiger partial charge on any atom is 0.294 e. The molecule has 0 bridgehead atoms. The molecule has 0 unspecified atom stereocenters. The number of piperazine rings is 1. The number of aromatic nitrogens is 3. The third kappa shape index (κ3) is 3.05. The second kappa shape index (κ2) is 6.80. The van der Waals surface area contributed by atoms with Crippen molar-refractivity contribution < 1.29 is 4.42 Å². The number of nitrogens with one attached hydrogen (secondary N) is 1. The maximum absolute atomic E-state index is 12.5. The highest BCUT2D eigenvalue weighted by atomic mass is 16.3. The van der Waals surface area contributed by atoms with Gasteiger partial charge in [-0.25, -0.2) is 4.98 Å². The summed E-state index contributed by atoms with van der Waals surface area (Å²) in [4.78, 5) is 28.8. The van der Waals surface area contributed by atoms with Crippen LogP contribution in [0.3, 0.4) is 0 Å². The lowest BCUT2D eigenvalue weighted by Gasteiger charge is -2.35. The Labute approximate surface area is 162 Å². The number of H-pyrrole nitrogens is 1. The summed E-state index contributed by atoms with van der Waals surface area (Å²) in [6.45, 7) is 4.17. The van der Waals surface area contributed by atoms with Crippen LogP contribution < -0.4 is 15.9 Å². The van der Waals surface area contributed by atoms with Crippen LogP contribution in [0, 0.1) is 0 Å². The van der Waals surface area contributed by atoms with Crippen LogP contribution in [0.1, 0.15) is 5.82 Å². The molecule has 7 nitrogen and oxygen atoms in total. The molecule has 1 aliphatic heterocycles. The summed E-state index contributed by atoms with van der Waals surface area (Å²) in [7, 11) is 5.89. The van der Waals surface area contributed by atoms with Crippen molar-refractivity contribution in [2.75, 3.05) is 31.1 Å². The van der Waals surface area contributed by atoms with E-state index in [0.717, 1.165) is 37.3 Å². The minimum atomic E-state index is -0.260. The predicted octanol–water partition coefficient (Wildman–Crippen LogP) is 1.18. The summed E-state index contributed by atoms with van der Waals surface area (Å²) < 4.78 is 5.66. The first-order valence-corrected chi connectivity index (χ1v) is 9.26. The van der Waals surface area contributed by atoms with Crippen LogP contribution in [-0.2, 0) is 6.54 Å². The summed E-state index contributed by atoms with van der Waals surface area (Å²) in [5.74, 6) is 0.637. The number of hydrogen-bond donors (Lipinski definition) is 1. The number of anilines is 1. The van der Waals surface area contributed by atoms with Gasteiger partial charge in [-0.15, -0.1) is 0 Å². The van der Waals surface area contributed by atoms with E-state index in [4.69, 9.17) is 12.3 Å². The van der Waals surface area contributed by atoms with Crippen LogP contribution in [0.5, 0.6) is 0 Å². The Bertz CT molecular complexity index is 1200. The molecular formula is C20H18BN5O2. The Hall–Kier alpha value is -3.13. The van der Waals surface area contributed by atoms with Crippen molar-refractivity contribution in [1.82, 2.24) is 19.9 Å². The van der Waals surface area contributed by atoms with Crippen molar-refractivity contribution in [3.8, 4) is 0 Å². The lowest BCUT2D eigenvalue weighted by atomic mass is 9.95. The number of rotatable bonds is 3. The van der Waals surface area contributed by atoms with Gasteiger partial charge in [-0.2, -0.15) is 0 Å². The van der Waals surface area contributed by atoms with Crippen molar-refractivity contribution >= 4 is 41.1 Å². The molecule has 0 saturated carbocycles. The van der Waals surface area contributed by atoms with E-state index < -0.39 is 0 Å². The van der Waals surface area contributed by atoms with Gasteiger partial charge in [-0.1, -0.05) is 17.6 Å². The van der Waals surface area contributed by atoms with E-state index in [9.17, 15) is 4.79 Å². The molecule has 3 aromatic heterocycles. The molecule has 5 rings (SSSR count).